The summed E-state index contributed by atoms with van der Waals surface area (Å²) in [6.45, 7) is 14.8. The van der Waals surface area contributed by atoms with Gasteiger partial charge >= 0.3 is 0 Å². The van der Waals surface area contributed by atoms with Crippen LogP contribution in [-0.2, 0) is 30.3 Å². The normalized spacial score (nSPS) is 12.1. The second-order valence-electron chi connectivity index (χ2n) is 13.2. The SMILES string of the molecule is CC(C)(C)c1cc(-c2cc(-c3cc4oc5ccccc5c4o3)ccn2)[c-]c2ccccc12.CCC(CC)C(=O)/C=C(\O)C(CC)CC.[Ir]. The number of aliphatic hydroxyl groups excluding tert-OH is 1. The molecule has 0 saturated heterocycles. The summed E-state index contributed by atoms with van der Waals surface area (Å²) >= 11 is 0. The molecule has 0 aliphatic heterocycles. The summed E-state index contributed by atoms with van der Waals surface area (Å²) in [5.41, 5.74) is 6.48. The number of hydrogen-bond donors (Lipinski definition) is 1. The van der Waals surface area contributed by atoms with Crippen LogP contribution in [0.1, 0.15) is 79.7 Å². The summed E-state index contributed by atoms with van der Waals surface area (Å²) in [4.78, 5) is 16.4. The minimum absolute atomic E-state index is 0. The van der Waals surface area contributed by atoms with E-state index in [1.54, 1.807) is 0 Å². The molecule has 0 unspecified atom stereocenters. The Morgan fingerprint density at radius 2 is 1.48 bits per heavy atom. The molecule has 1 radical (unpaired) electrons. The molecule has 253 valence electrons. The van der Waals surface area contributed by atoms with Crippen molar-refractivity contribution in [3.8, 4) is 22.6 Å². The van der Waals surface area contributed by atoms with E-state index in [0.717, 1.165) is 75.8 Å². The van der Waals surface area contributed by atoms with Gasteiger partial charge in [-0.05, 0) is 49.3 Å². The Hall–Kier alpha value is -3.99. The standard InChI is InChI=1S/C29H22NO2.C13H24O2.Ir/c1-29(2,3)23-15-20(14-18-8-4-5-9-21(18)23)24-16-19(12-13-30-24)26-17-27-28(32-26)22-10-6-7-11-25(22)31-27;1-5-10(6-2)12(14)9-13(15)11(7-3)8-4;/h4-13,15-17H,1-3H3;9-11,14H,5-8H2,1-4H3;/q-1;;/b;12-9-;. The average Bonchev–Trinajstić information content (AvgIpc) is 3.64. The third-order valence-corrected chi connectivity index (χ3v) is 9.04. The van der Waals surface area contributed by atoms with Crippen molar-refractivity contribution in [3.05, 3.63) is 102 Å². The maximum absolute atomic E-state index is 11.7. The molecule has 6 rings (SSSR count). The molecule has 0 spiro atoms. The Morgan fingerprint density at radius 3 is 2.15 bits per heavy atom. The van der Waals surface area contributed by atoms with Crippen LogP contribution in [0.3, 0.4) is 0 Å². The molecule has 3 heterocycles. The van der Waals surface area contributed by atoms with Crippen molar-refractivity contribution in [2.45, 2.75) is 79.6 Å². The average molecular weight is 821 g/mol. The van der Waals surface area contributed by atoms with Crippen molar-refractivity contribution in [2.24, 2.45) is 11.8 Å². The van der Waals surface area contributed by atoms with Crippen LogP contribution in [0, 0.1) is 17.9 Å². The monoisotopic (exact) mass is 821 g/mol. The maximum Gasteiger partial charge on any atom is 0.181 e. The van der Waals surface area contributed by atoms with Gasteiger partial charge in [-0.2, -0.15) is 0 Å². The van der Waals surface area contributed by atoms with Gasteiger partial charge in [0.2, 0.25) is 0 Å². The summed E-state index contributed by atoms with van der Waals surface area (Å²) in [5.74, 6) is 1.32. The maximum atomic E-state index is 11.7. The van der Waals surface area contributed by atoms with Crippen molar-refractivity contribution < 1.29 is 38.8 Å². The number of aliphatic hydroxyl groups is 1. The summed E-state index contributed by atoms with van der Waals surface area (Å²) in [6.07, 6.45) is 6.73. The summed E-state index contributed by atoms with van der Waals surface area (Å²) in [7, 11) is 0. The number of pyridine rings is 1. The van der Waals surface area contributed by atoms with Crippen LogP contribution in [0.4, 0.5) is 0 Å². The smallest absolute Gasteiger partial charge is 0.181 e. The van der Waals surface area contributed by atoms with Gasteiger partial charge in [0.25, 0.3) is 0 Å². The van der Waals surface area contributed by atoms with Crippen LogP contribution >= 0.6 is 0 Å². The van der Waals surface area contributed by atoms with Crippen molar-refractivity contribution in [1.29, 1.82) is 0 Å². The van der Waals surface area contributed by atoms with Gasteiger partial charge < -0.3 is 13.9 Å². The van der Waals surface area contributed by atoms with Gasteiger partial charge in [0.15, 0.2) is 16.9 Å². The van der Waals surface area contributed by atoms with Crippen LogP contribution in [0.25, 0.3) is 55.5 Å². The molecule has 3 aromatic heterocycles. The molecule has 48 heavy (non-hydrogen) atoms. The van der Waals surface area contributed by atoms with Gasteiger partial charge in [-0.15, -0.1) is 29.1 Å². The first-order chi connectivity index (χ1) is 22.6. The van der Waals surface area contributed by atoms with Gasteiger partial charge in [-0.3, -0.25) is 9.78 Å². The number of aromatic nitrogens is 1. The molecule has 0 atom stereocenters. The van der Waals surface area contributed by atoms with Gasteiger partial charge in [-0.1, -0.05) is 95.8 Å². The Kier molecular flexibility index (Phi) is 12.2. The van der Waals surface area contributed by atoms with E-state index in [2.05, 4.69) is 68.2 Å². The van der Waals surface area contributed by atoms with Crippen molar-refractivity contribution in [2.75, 3.05) is 0 Å². The molecular weight excluding hydrogens is 775 g/mol. The fraction of sp³-hybridized carbons (Fsp3) is 0.333. The third kappa shape index (κ3) is 7.99. The summed E-state index contributed by atoms with van der Waals surface area (Å²) in [6, 6.07) is 28.1. The fourth-order valence-electron chi connectivity index (χ4n) is 6.14. The zero-order chi connectivity index (χ0) is 33.7. The zero-order valence-corrected chi connectivity index (χ0v) is 31.4. The van der Waals surface area contributed by atoms with E-state index in [4.69, 9.17) is 8.83 Å². The van der Waals surface area contributed by atoms with E-state index in [1.807, 2.05) is 70.3 Å². The quantitative estimate of drug-likeness (QED) is 0.0893. The molecule has 5 nitrogen and oxygen atoms in total. The minimum Gasteiger partial charge on any atom is -0.512 e. The number of fused-ring (bicyclic) bond motifs is 4. The van der Waals surface area contributed by atoms with Gasteiger partial charge in [-0.25, -0.2) is 0 Å². The molecule has 0 aliphatic rings. The molecule has 0 saturated carbocycles. The fourth-order valence-corrected chi connectivity index (χ4v) is 6.14. The van der Waals surface area contributed by atoms with E-state index in [-0.39, 0.29) is 48.9 Å². The first-order valence-electron chi connectivity index (χ1n) is 16.9. The number of nitrogens with zero attached hydrogens (tertiary/aromatic N) is 1. The van der Waals surface area contributed by atoms with Crippen LogP contribution in [-0.4, -0.2) is 15.9 Å². The molecule has 0 fully saturated rings. The molecule has 0 bridgehead atoms. The van der Waals surface area contributed by atoms with E-state index in [1.165, 1.54) is 17.0 Å². The van der Waals surface area contributed by atoms with Gasteiger partial charge in [0.1, 0.15) is 11.3 Å². The second kappa shape index (κ2) is 15.9. The van der Waals surface area contributed by atoms with Crippen LogP contribution < -0.4 is 0 Å². The number of furan rings is 2. The minimum atomic E-state index is 0. The van der Waals surface area contributed by atoms with Crippen LogP contribution in [0.2, 0.25) is 0 Å². The molecule has 1 N–H and O–H groups in total. The number of hydrogen-bond acceptors (Lipinski definition) is 5. The van der Waals surface area contributed by atoms with Gasteiger partial charge in [0.05, 0.1) is 11.1 Å². The Balaban J connectivity index is 0.000000279. The van der Waals surface area contributed by atoms with Crippen LogP contribution in [0.5, 0.6) is 0 Å². The van der Waals surface area contributed by atoms with Crippen molar-refractivity contribution in [1.82, 2.24) is 4.98 Å². The summed E-state index contributed by atoms with van der Waals surface area (Å²) in [5, 5.41) is 13.1. The number of para-hydroxylation sites is 1. The van der Waals surface area contributed by atoms with Gasteiger partial charge in [0, 0.05) is 61.5 Å². The number of carbonyl (C=O) groups excluding carboxylic acids is 1. The van der Waals surface area contributed by atoms with E-state index >= 15 is 0 Å². The van der Waals surface area contributed by atoms with E-state index in [0.29, 0.717) is 0 Å². The van der Waals surface area contributed by atoms with Crippen LogP contribution in [0.15, 0.2) is 99.7 Å². The number of ketones is 1. The summed E-state index contributed by atoms with van der Waals surface area (Å²) < 4.78 is 12.2. The Morgan fingerprint density at radius 1 is 0.833 bits per heavy atom. The first-order valence-corrected chi connectivity index (χ1v) is 16.9. The predicted molar refractivity (Wildman–Crippen MR) is 194 cm³/mol. The number of allylic oxidation sites excluding steroid dienone is 2. The predicted octanol–water partition coefficient (Wildman–Crippen LogP) is 12.0. The molecule has 0 amide bonds. The number of rotatable bonds is 9. The largest absolute Gasteiger partial charge is 0.512 e. The zero-order valence-electron chi connectivity index (χ0n) is 29.0. The molecule has 3 aromatic carbocycles. The first kappa shape index (κ1) is 36.8. The molecule has 0 aliphatic carbocycles. The van der Waals surface area contributed by atoms with Crippen molar-refractivity contribution >= 4 is 38.7 Å². The van der Waals surface area contributed by atoms with E-state index in [9.17, 15) is 9.90 Å². The van der Waals surface area contributed by atoms with E-state index < -0.39 is 0 Å². The van der Waals surface area contributed by atoms with Crippen molar-refractivity contribution in [3.63, 3.8) is 0 Å². The number of benzene rings is 3. The number of carbonyl (C=O) groups is 1. The Labute approximate surface area is 297 Å². The topological polar surface area (TPSA) is 76.5 Å². The second-order valence-corrected chi connectivity index (χ2v) is 13.2. The third-order valence-electron chi connectivity index (χ3n) is 9.04. The Bertz CT molecular complexity index is 2020. The molecule has 6 heteroatoms. The molecular formula is C42H46IrNO4-. The molecule has 6 aromatic rings.